The quantitative estimate of drug-likeness (QED) is 0.702. The highest BCUT2D eigenvalue weighted by atomic mass is 32.2. The number of methoxy groups -OCH3 is 1. The number of thioether (sulfide) groups is 1. The summed E-state index contributed by atoms with van der Waals surface area (Å²) in [5.74, 6) is 1.91. The number of amides is 1. The summed E-state index contributed by atoms with van der Waals surface area (Å²) in [6.45, 7) is 6.21. The molecule has 0 unspecified atom stereocenters. The van der Waals surface area contributed by atoms with Crippen molar-refractivity contribution >= 4 is 23.5 Å². The molecule has 0 saturated carbocycles. The SMILES string of the molecule is COc1ccc(-c2[nH]ncc2[C@H]2SCC(=O)Nc3c2cnn3C(C)(C)C)cc1. The van der Waals surface area contributed by atoms with E-state index in [0.29, 0.717) is 5.75 Å². The van der Waals surface area contributed by atoms with E-state index in [4.69, 9.17) is 4.74 Å². The molecule has 3 aromatic rings. The minimum absolute atomic E-state index is 0.0192. The third-order valence-corrected chi connectivity index (χ3v) is 5.95. The molecule has 1 aliphatic rings. The molecular formula is C20H23N5O2S. The van der Waals surface area contributed by atoms with Crippen molar-refractivity contribution in [1.82, 2.24) is 20.0 Å². The van der Waals surface area contributed by atoms with Gasteiger partial charge in [0.1, 0.15) is 11.6 Å². The predicted octanol–water partition coefficient (Wildman–Crippen LogP) is 3.81. The fraction of sp³-hybridized carbons (Fsp3) is 0.350. The number of hydrogen-bond acceptors (Lipinski definition) is 5. The van der Waals surface area contributed by atoms with Gasteiger partial charge in [-0.2, -0.15) is 10.2 Å². The summed E-state index contributed by atoms with van der Waals surface area (Å²) in [7, 11) is 1.65. The molecule has 2 aromatic heterocycles. The number of anilines is 1. The van der Waals surface area contributed by atoms with Crippen molar-refractivity contribution in [2.45, 2.75) is 31.6 Å². The van der Waals surface area contributed by atoms with Crippen LogP contribution >= 0.6 is 11.8 Å². The lowest BCUT2D eigenvalue weighted by Gasteiger charge is -2.23. The van der Waals surface area contributed by atoms with Crippen LogP contribution in [-0.4, -0.2) is 38.7 Å². The van der Waals surface area contributed by atoms with E-state index >= 15 is 0 Å². The van der Waals surface area contributed by atoms with Crippen molar-refractivity contribution in [2.75, 3.05) is 18.2 Å². The molecule has 0 fully saturated rings. The molecule has 146 valence electrons. The molecule has 0 bridgehead atoms. The maximum atomic E-state index is 12.4. The fourth-order valence-corrected chi connectivity index (χ4v) is 4.44. The van der Waals surface area contributed by atoms with Crippen LogP contribution in [0.5, 0.6) is 5.75 Å². The fourth-order valence-electron chi connectivity index (χ4n) is 3.34. The van der Waals surface area contributed by atoms with Crippen LogP contribution in [0.15, 0.2) is 36.7 Å². The van der Waals surface area contributed by atoms with Gasteiger partial charge in [-0.1, -0.05) is 0 Å². The third-order valence-electron chi connectivity index (χ3n) is 4.68. The number of H-pyrrole nitrogens is 1. The van der Waals surface area contributed by atoms with Gasteiger partial charge >= 0.3 is 0 Å². The monoisotopic (exact) mass is 397 g/mol. The average Bonchev–Trinajstić information content (AvgIpc) is 3.27. The van der Waals surface area contributed by atoms with Crippen molar-refractivity contribution in [3.63, 3.8) is 0 Å². The van der Waals surface area contributed by atoms with Gasteiger partial charge < -0.3 is 10.1 Å². The van der Waals surface area contributed by atoms with Crippen molar-refractivity contribution in [3.05, 3.63) is 47.8 Å². The normalized spacial score (nSPS) is 17.0. The smallest absolute Gasteiger partial charge is 0.235 e. The molecule has 1 aromatic carbocycles. The summed E-state index contributed by atoms with van der Waals surface area (Å²) < 4.78 is 7.14. The molecule has 3 heterocycles. The number of hydrogen-bond donors (Lipinski definition) is 2. The number of aromatic nitrogens is 4. The lowest BCUT2D eigenvalue weighted by atomic mass is 10.0. The molecule has 0 aliphatic carbocycles. The van der Waals surface area contributed by atoms with Crippen LogP contribution in [0.2, 0.25) is 0 Å². The van der Waals surface area contributed by atoms with Gasteiger partial charge in [0.25, 0.3) is 0 Å². The Morgan fingerprint density at radius 1 is 1.18 bits per heavy atom. The highest BCUT2D eigenvalue weighted by molar-refractivity contribution is 8.00. The second-order valence-corrected chi connectivity index (χ2v) is 8.79. The first-order valence-electron chi connectivity index (χ1n) is 9.06. The van der Waals surface area contributed by atoms with Crippen LogP contribution in [0.4, 0.5) is 5.82 Å². The Morgan fingerprint density at radius 2 is 1.93 bits per heavy atom. The summed E-state index contributed by atoms with van der Waals surface area (Å²) in [4.78, 5) is 12.4. The third kappa shape index (κ3) is 3.28. The first-order valence-corrected chi connectivity index (χ1v) is 10.1. The number of carbonyl (C=O) groups excluding carboxylic acids is 1. The molecule has 0 spiro atoms. The van der Waals surface area contributed by atoms with Crippen molar-refractivity contribution in [2.24, 2.45) is 0 Å². The molecule has 1 amide bonds. The molecule has 0 radical (unpaired) electrons. The van der Waals surface area contributed by atoms with Gasteiger partial charge in [-0.05, 0) is 45.0 Å². The Balaban J connectivity index is 1.80. The number of fused-ring (bicyclic) bond motifs is 1. The summed E-state index contributed by atoms with van der Waals surface area (Å²) in [6.07, 6.45) is 3.69. The number of nitrogens with zero attached hydrogens (tertiary/aromatic N) is 3. The maximum absolute atomic E-state index is 12.4. The van der Waals surface area contributed by atoms with E-state index in [0.717, 1.165) is 34.0 Å². The van der Waals surface area contributed by atoms with Crippen LogP contribution in [0.25, 0.3) is 11.3 Å². The lowest BCUT2D eigenvalue weighted by molar-refractivity contribution is -0.113. The molecule has 8 heteroatoms. The Kier molecular flexibility index (Phi) is 4.66. The zero-order valence-electron chi connectivity index (χ0n) is 16.3. The van der Waals surface area contributed by atoms with Gasteiger partial charge in [0.05, 0.1) is 41.7 Å². The zero-order chi connectivity index (χ0) is 19.9. The van der Waals surface area contributed by atoms with Gasteiger partial charge in [-0.15, -0.1) is 11.8 Å². The number of ether oxygens (including phenoxy) is 1. The molecule has 0 saturated heterocycles. The summed E-state index contributed by atoms with van der Waals surface area (Å²) in [6, 6.07) is 7.85. The second-order valence-electron chi connectivity index (χ2n) is 7.70. The summed E-state index contributed by atoms with van der Waals surface area (Å²) in [5.41, 5.74) is 3.73. The van der Waals surface area contributed by atoms with E-state index in [9.17, 15) is 4.79 Å². The van der Waals surface area contributed by atoms with E-state index < -0.39 is 0 Å². The topological polar surface area (TPSA) is 84.8 Å². The second kappa shape index (κ2) is 7.01. The number of benzene rings is 1. The number of nitrogens with one attached hydrogen (secondary N) is 2. The minimum Gasteiger partial charge on any atom is -0.497 e. The van der Waals surface area contributed by atoms with Crippen LogP contribution < -0.4 is 10.1 Å². The van der Waals surface area contributed by atoms with E-state index in [2.05, 4.69) is 41.4 Å². The highest BCUT2D eigenvalue weighted by Gasteiger charge is 2.32. The summed E-state index contributed by atoms with van der Waals surface area (Å²) >= 11 is 1.58. The highest BCUT2D eigenvalue weighted by Crippen LogP contribution is 2.45. The molecule has 7 nitrogen and oxygen atoms in total. The Bertz CT molecular complexity index is 1000. The number of aromatic amines is 1. The van der Waals surface area contributed by atoms with E-state index in [1.807, 2.05) is 41.3 Å². The van der Waals surface area contributed by atoms with Crippen LogP contribution in [0.1, 0.15) is 37.1 Å². The lowest BCUT2D eigenvalue weighted by Crippen LogP contribution is -2.27. The molecule has 1 atom stereocenters. The van der Waals surface area contributed by atoms with Gasteiger partial charge in [0.2, 0.25) is 5.91 Å². The molecular weight excluding hydrogens is 374 g/mol. The Morgan fingerprint density at radius 3 is 2.61 bits per heavy atom. The van der Waals surface area contributed by atoms with Gasteiger partial charge in [-0.25, -0.2) is 4.68 Å². The molecule has 4 rings (SSSR count). The number of carbonyl (C=O) groups is 1. The van der Waals surface area contributed by atoms with Gasteiger partial charge in [0, 0.05) is 16.7 Å². The summed E-state index contributed by atoms with van der Waals surface area (Å²) in [5, 5.41) is 15.0. The largest absolute Gasteiger partial charge is 0.497 e. The minimum atomic E-state index is -0.240. The van der Waals surface area contributed by atoms with Gasteiger partial charge in [0.15, 0.2) is 0 Å². The van der Waals surface area contributed by atoms with Crippen LogP contribution in [0, 0.1) is 0 Å². The average molecular weight is 398 g/mol. The van der Waals surface area contributed by atoms with Crippen molar-refractivity contribution in [1.29, 1.82) is 0 Å². The zero-order valence-corrected chi connectivity index (χ0v) is 17.1. The standard InChI is InChI=1S/C20H23N5O2S/c1-20(2,3)25-19-15(10-22-25)18(28-11-16(26)23-19)14-9-21-24-17(14)12-5-7-13(27-4)8-6-12/h5-10,18H,11H2,1-4H3,(H,21,24)(H,23,26)/t18-/m1/s1. The van der Waals surface area contributed by atoms with Crippen LogP contribution in [0.3, 0.4) is 0 Å². The number of rotatable bonds is 3. The first-order chi connectivity index (χ1) is 13.4. The Labute approximate surface area is 167 Å². The van der Waals surface area contributed by atoms with Crippen molar-refractivity contribution in [3.8, 4) is 17.0 Å². The predicted molar refractivity (Wildman–Crippen MR) is 111 cm³/mol. The van der Waals surface area contributed by atoms with E-state index in [1.165, 1.54) is 0 Å². The molecule has 2 N–H and O–H groups in total. The first kappa shape index (κ1) is 18.6. The molecule has 1 aliphatic heterocycles. The maximum Gasteiger partial charge on any atom is 0.235 e. The van der Waals surface area contributed by atoms with Crippen LogP contribution in [-0.2, 0) is 10.3 Å². The molecule has 28 heavy (non-hydrogen) atoms. The van der Waals surface area contributed by atoms with E-state index in [1.54, 1.807) is 18.9 Å². The Hall–Kier alpha value is -2.74. The van der Waals surface area contributed by atoms with E-state index in [-0.39, 0.29) is 16.7 Å². The van der Waals surface area contributed by atoms with Gasteiger partial charge in [-0.3, -0.25) is 9.89 Å². The van der Waals surface area contributed by atoms with Crippen molar-refractivity contribution < 1.29 is 9.53 Å².